The molecule has 27 heavy (non-hydrogen) atoms. The molecule has 11 heteroatoms. The van der Waals surface area contributed by atoms with Crippen LogP contribution in [0.15, 0.2) is 32.0 Å². The smallest absolute Gasteiger partial charge is 0.332 e. The monoisotopic (exact) mass is 406 g/mol. The molecule has 2 aromatic heterocycles. The summed E-state index contributed by atoms with van der Waals surface area (Å²) >= 11 is 2.12. The van der Waals surface area contributed by atoms with Gasteiger partial charge in [-0.25, -0.2) is 4.79 Å². The maximum Gasteiger partial charge on any atom is 0.332 e. The molecule has 0 atom stereocenters. The highest BCUT2D eigenvalue weighted by Crippen LogP contribution is 2.33. The molecule has 1 fully saturated rings. The van der Waals surface area contributed by atoms with Crippen LogP contribution in [0.3, 0.4) is 0 Å². The predicted octanol–water partition coefficient (Wildman–Crippen LogP) is 0.647. The number of anilines is 1. The molecule has 0 saturated carbocycles. The molecule has 2 N–H and O–H groups in total. The Hall–Kier alpha value is -2.92. The van der Waals surface area contributed by atoms with Crippen molar-refractivity contribution in [2.75, 3.05) is 12.3 Å². The van der Waals surface area contributed by atoms with Gasteiger partial charge in [0.05, 0.1) is 11.4 Å². The van der Waals surface area contributed by atoms with E-state index in [-0.39, 0.29) is 10.7 Å². The Morgan fingerprint density at radius 1 is 1.19 bits per heavy atom. The molecule has 140 valence electrons. The van der Waals surface area contributed by atoms with Crippen molar-refractivity contribution in [2.45, 2.75) is 0 Å². The van der Waals surface area contributed by atoms with Crippen molar-refractivity contribution in [1.82, 2.24) is 14.0 Å². The number of thioether (sulfide) groups is 1. The van der Waals surface area contributed by atoms with E-state index in [0.717, 1.165) is 30.7 Å². The quantitative estimate of drug-likeness (QED) is 0.584. The van der Waals surface area contributed by atoms with Crippen LogP contribution in [0.4, 0.5) is 10.6 Å². The highest BCUT2D eigenvalue weighted by Gasteiger charge is 2.37. The highest BCUT2D eigenvalue weighted by molar-refractivity contribution is 8.18. The lowest BCUT2D eigenvalue weighted by Gasteiger charge is -2.14. The van der Waals surface area contributed by atoms with Crippen LogP contribution in [0.25, 0.3) is 6.08 Å². The largest absolute Gasteiger partial charge is 0.384 e. The highest BCUT2D eigenvalue weighted by atomic mass is 32.2. The van der Waals surface area contributed by atoms with Gasteiger partial charge in [-0.2, -0.15) is 0 Å². The first-order valence-corrected chi connectivity index (χ1v) is 9.29. The molecule has 0 unspecified atom stereocenters. The summed E-state index contributed by atoms with van der Waals surface area (Å²) in [6.45, 7) is -0.635. The van der Waals surface area contributed by atoms with Crippen LogP contribution in [-0.2, 0) is 18.9 Å². The third-order valence-corrected chi connectivity index (χ3v) is 5.71. The molecule has 1 saturated heterocycles. The number of nitrogens with two attached hydrogens (primary N) is 1. The number of hydrogen-bond donors (Lipinski definition) is 1. The first kappa shape index (κ1) is 18.9. The molecule has 1 aliphatic rings. The third-order valence-electron chi connectivity index (χ3n) is 3.98. The number of carbonyl (C=O) groups excluding carboxylic acids is 3. The van der Waals surface area contributed by atoms with Gasteiger partial charge in [-0.05, 0) is 29.3 Å². The van der Waals surface area contributed by atoms with Gasteiger partial charge in [-0.3, -0.25) is 33.2 Å². The average Bonchev–Trinajstić information content (AvgIpc) is 3.23. The third kappa shape index (κ3) is 3.26. The molecule has 2 amide bonds. The maximum atomic E-state index is 12.6. The lowest BCUT2D eigenvalue weighted by atomic mass is 10.2. The number of nitrogens with zero attached hydrogens (tertiary/aromatic N) is 3. The van der Waals surface area contributed by atoms with Gasteiger partial charge in [0.1, 0.15) is 11.4 Å². The minimum atomic E-state index is -0.873. The van der Waals surface area contributed by atoms with E-state index >= 15 is 0 Å². The Labute approximate surface area is 160 Å². The zero-order chi connectivity index (χ0) is 19.9. The summed E-state index contributed by atoms with van der Waals surface area (Å²) in [6, 6.07) is 3.60. The summed E-state index contributed by atoms with van der Waals surface area (Å²) in [5.41, 5.74) is 3.76. The van der Waals surface area contributed by atoms with E-state index < -0.39 is 40.3 Å². The summed E-state index contributed by atoms with van der Waals surface area (Å²) < 4.78 is 1.70. The first-order chi connectivity index (χ1) is 12.7. The van der Waals surface area contributed by atoms with Crippen LogP contribution in [-0.4, -0.2) is 37.5 Å². The lowest BCUT2D eigenvalue weighted by Crippen LogP contribution is -2.43. The molecule has 3 rings (SSSR count). The van der Waals surface area contributed by atoms with Crippen LogP contribution in [0.1, 0.15) is 15.2 Å². The molecule has 0 aromatic carbocycles. The van der Waals surface area contributed by atoms with Gasteiger partial charge < -0.3 is 5.73 Å². The fourth-order valence-electron chi connectivity index (χ4n) is 2.48. The van der Waals surface area contributed by atoms with E-state index in [2.05, 4.69) is 0 Å². The summed E-state index contributed by atoms with van der Waals surface area (Å²) in [6.07, 6.45) is 1.57. The van der Waals surface area contributed by atoms with Crippen molar-refractivity contribution < 1.29 is 14.4 Å². The molecule has 0 bridgehead atoms. The Kier molecular flexibility index (Phi) is 4.89. The number of amides is 2. The van der Waals surface area contributed by atoms with E-state index in [0.29, 0.717) is 0 Å². The number of ketones is 1. The minimum Gasteiger partial charge on any atom is -0.384 e. The standard InChI is InChI=1S/C16H14N4O5S2/c1-18-12(17)11(14(23)19(2)15(18)24)9(21)7-20-13(22)10(27-16(20)25)6-8-4-3-5-26-8/h3-6H,7,17H2,1-2H3/b10-6-. The maximum absolute atomic E-state index is 12.6. The van der Waals surface area contributed by atoms with E-state index in [1.165, 1.54) is 25.4 Å². The van der Waals surface area contributed by atoms with Gasteiger partial charge in [-0.1, -0.05) is 6.07 Å². The lowest BCUT2D eigenvalue weighted by molar-refractivity contribution is -0.122. The molecule has 0 radical (unpaired) electrons. The molecule has 0 aliphatic carbocycles. The summed E-state index contributed by atoms with van der Waals surface area (Å²) in [5.74, 6) is -1.75. The second kappa shape index (κ2) is 7.00. The van der Waals surface area contributed by atoms with Gasteiger partial charge in [0.2, 0.25) is 0 Å². The number of rotatable bonds is 4. The number of hydrogen-bond acceptors (Lipinski definition) is 8. The zero-order valence-corrected chi connectivity index (χ0v) is 15.9. The van der Waals surface area contributed by atoms with E-state index in [4.69, 9.17) is 5.73 Å². The van der Waals surface area contributed by atoms with Crippen molar-refractivity contribution >= 4 is 51.9 Å². The second-order valence-corrected chi connectivity index (χ2v) is 7.64. The number of thiophene rings is 1. The van der Waals surface area contributed by atoms with Crippen molar-refractivity contribution in [1.29, 1.82) is 0 Å². The number of imide groups is 1. The molecule has 9 nitrogen and oxygen atoms in total. The van der Waals surface area contributed by atoms with Gasteiger partial charge in [-0.15, -0.1) is 11.3 Å². The average molecular weight is 406 g/mol. The summed E-state index contributed by atoms with van der Waals surface area (Å²) in [4.78, 5) is 63.1. The predicted molar refractivity (Wildman–Crippen MR) is 103 cm³/mol. The van der Waals surface area contributed by atoms with Crippen LogP contribution in [0.2, 0.25) is 0 Å². The van der Waals surface area contributed by atoms with Gasteiger partial charge >= 0.3 is 5.69 Å². The van der Waals surface area contributed by atoms with Gasteiger partial charge in [0, 0.05) is 19.0 Å². The molecule has 3 heterocycles. The minimum absolute atomic E-state index is 0.191. The van der Waals surface area contributed by atoms with Gasteiger partial charge in [0.25, 0.3) is 16.7 Å². The van der Waals surface area contributed by atoms with Crippen molar-refractivity contribution in [3.63, 3.8) is 0 Å². The van der Waals surface area contributed by atoms with Crippen LogP contribution < -0.4 is 17.0 Å². The molecule has 2 aromatic rings. The molecular formula is C16H14N4O5S2. The topological polar surface area (TPSA) is 124 Å². The first-order valence-electron chi connectivity index (χ1n) is 7.60. The van der Waals surface area contributed by atoms with Crippen molar-refractivity contribution in [3.8, 4) is 0 Å². The van der Waals surface area contributed by atoms with Gasteiger partial charge in [0.15, 0.2) is 5.78 Å². The molecule has 0 spiro atoms. The molecular weight excluding hydrogens is 392 g/mol. The fraction of sp³-hybridized carbons (Fsp3) is 0.188. The van der Waals surface area contributed by atoms with Crippen LogP contribution >= 0.6 is 23.1 Å². The Balaban J connectivity index is 1.91. The van der Waals surface area contributed by atoms with E-state index in [1.54, 1.807) is 12.1 Å². The number of Topliss-reactive ketones (excluding diaryl/α,β-unsaturated/α-hetero) is 1. The SMILES string of the molecule is Cn1c(N)c(C(=O)CN2C(=O)S/C(=C\c3cccs3)C2=O)c(=O)n(C)c1=O. The van der Waals surface area contributed by atoms with Crippen LogP contribution in [0, 0.1) is 0 Å². The normalized spacial score (nSPS) is 15.8. The number of nitrogen functional groups attached to an aromatic ring is 1. The van der Waals surface area contributed by atoms with Crippen LogP contribution in [0.5, 0.6) is 0 Å². The summed E-state index contributed by atoms with van der Waals surface area (Å²) in [7, 11) is 2.53. The number of aromatic nitrogens is 2. The fourth-order valence-corrected chi connectivity index (χ4v) is 4.04. The van der Waals surface area contributed by atoms with Crippen molar-refractivity contribution in [2.24, 2.45) is 14.1 Å². The second-order valence-electron chi connectivity index (χ2n) is 5.67. The van der Waals surface area contributed by atoms with Crippen molar-refractivity contribution in [3.05, 3.63) is 53.7 Å². The number of carbonyl (C=O) groups is 3. The Morgan fingerprint density at radius 2 is 1.89 bits per heavy atom. The zero-order valence-electron chi connectivity index (χ0n) is 14.3. The van der Waals surface area contributed by atoms with E-state index in [9.17, 15) is 24.0 Å². The molecule has 1 aliphatic heterocycles. The Bertz CT molecular complexity index is 1110. The Morgan fingerprint density at radius 3 is 2.52 bits per heavy atom. The van der Waals surface area contributed by atoms with E-state index in [1.807, 2.05) is 11.4 Å². The summed E-state index contributed by atoms with van der Waals surface area (Å²) in [5, 5.41) is 1.22.